The number of piperazine rings is 1. The first-order chi connectivity index (χ1) is 13.0. The Morgan fingerprint density at radius 2 is 2.04 bits per heavy atom. The molecule has 1 aliphatic rings. The summed E-state index contributed by atoms with van der Waals surface area (Å²) in [5, 5.41) is 9.00. The Kier molecular flexibility index (Phi) is 5.66. The zero-order valence-electron chi connectivity index (χ0n) is 15.7. The molecule has 1 aromatic heterocycles. The number of carbonyl (C=O) groups is 2. The number of benzene rings is 1. The minimum atomic E-state index is -0.514. The highest BCUT2D eigenvalue weighted by Gasteiger charge is 2.32. The van der Waals surface area contributed by atoms with E-state index < -0.39 is 6.04 Å². The predicted molar refractivity (Wildman–Crippen MR) is 103 cm³/mol. The number of amides is 2. The van der Waals surface area contributed by atoms with Gasteiger partial charge in [0.15, 0.2) is 0 Å². The number of rotatable bonds is 4. The molecular formula is C19H24N6O2. The summed E-state index contributed by atoms with van der Waals surface area (Å²) in [5.74, 6) is 1.02. The molecule has 3 rings (SSSR count). The maximum atomic E-state index is 13.0. The zero-order chi connectivity index (χ0) is 19.4. The summed E-state index contributed by atoms with van der Waals surface area (Å²) in [6.45, 7) is 5.34. The Bertz CT molecular complexity index is 834. The highest BCUT2D eigenvalue weighted by Crippen LogP contribution is 2.19. The second-order valence-corrected chi connectivity index (χ2v) is 6.48. The van der Waals surface area contributed by atoms with Crippen LogP contribution in [-0.2, 0) is 4.79 Å². The Balaban J connectivity index is 1.81. The van der Waals surface area contributed by atoms with E-state index in [2.05, 4.69) is 25.9 Å². The van der Waals surface area contributed by atoms with Gasteiger partial charge in [0.1, 0.15) is 17.7 Å². The summed E-state index contributed by atoms with van der Waals surface area (Å²) in [5.41, 5.74) is 2.15. The summed E-state index contributed by atoms with van der Waals surface area (Å²) in [7, 11) is 1.58. The van der Waals surface area contributed by atoms with Crippen LogP contribution in [0.1, 0.15) is 21.9 Å². The lowest BCUT2D eigenvalue weighted by Crippen LogP contribution is -2.59. The second-order valence-electron chi connectivity index (χ2n) is 6.48. The molecule has 0 saturated carbocycles. The summed E-state index contributed by atoms with van der Waals surface area (Å²) in [6, 6.07) is 8.55. The summed E-state index contributed by atoms with van der Waals surface area (Å²) >= 11 is 0. The minimum Gasteiger partial charge on any atom is -0.357 e. The number of hydrogen-bond acceptors (Lipinski definition) is 6. The van der Waals surface area contributed by atoms with Crippen molar-refractivity contribution in [3.63, 3.8) is 0 Å². The monoisotopic (exact) mass is 368 g/mol. The van der Waals surface area contributed by atoms with Gasteiger partial charge < -0.3 is 20.9 Å². The van der Waals surface area contributed by atoms with Crippen LogP contribution >= 0.6 is 0 Å². The molecule has 2 aromatic rings. The van der Waals surface area contributed by atoms with Crippen molar-refractivity contribution >= 4 is 23.3 Å². The quantitative estimate of drug-likeness (QED) is 0.745. The lowest BCUT2D eigenvalue weighted by atomic mass is 10.1. The minimum absolute atomic E-state index is 0.163. The molecule has 2 amide bonds. The standard InChI is InChI=1S/C19H24N6O2/c1-12-9-17(23-13(2)22-12)24-15-6-4-5-14(10-15)19(27)25-8-7-21-11-16(25)18(26)20-3/h4-6,9-10,16,21H,7-8,11H2,1-3H3,(H,20,26)(H,22,23,24). The molecule has 1 unspecified atom stereocenters. The first-order valence-corrected chi connectivity index (χ1v) is 8.90. The molecule has 142 valence electrons. The van der Waals surface area contributed by atoms with Crippen molar-refractivity contribution in [1.29, 1.82) is 0 Å². The summed E-state index contributed by atoms with van der Waals surface area (Å²) in [4.78, 5) is 35.4. The zero-order valence-corrected chi connectivity index (χ0v) is 15.7. The van der Waals surface area contributed by atoms with Gasteiger partial charge in [-0.05, 0) is 32.0 Å². The van der Waals surface area contributed by atoms with Crippen molar-refractivity contribution in [2.75, 3.05) is 32.0 Å². The number of hydrogen-bond donors (Lipinski definition) is 3. The van der Waals surface area contributed by atoms with Crippen LogP contribution in [0.25, 0.3) is 0 Å². The average molecular weight is 368 g/mol. The first kappa shape index (κ1) is 18.8. The Labute approximate surface area is 158 Å². The van der Waals surface area contributed by atoms with Gasteiger partial charge in [-0.1, -0.05) is 6.07 Å². The lowest BCUT2D eigenvalue weighted by Gasteiger charge is -2.35. The molecule has 27 heavy (non-hydrogen) atoms. The van der Waals surface area contributed by atoms with Crippen LogP contribution in [0.4, 0.5) is 11.5 Å². The van der Waals surface area contributed by atoms with E-state index in [1.165, 1.54) is 0 Å². The van der Waals surface area contributed by atoms with E-state index in [9.17, 15) is 9.59 Å². The van der Waals surface area contributed by atoms with Gasteiger partial charge in [0.25, 0.3) is 5.91 Å². The molecule has 1 saturated heterocycles. The topological polar surface area (TPSA) is 99.2 Å². The number of carbonyl (C=O) groups excluding carboxylic acids is 2. The van der Waals surface area contributed by atoms with Gasteiger partial charge >= 0.3 is 0 Å². The molecule has 2 heterocycles. The number of aromatic nitrogens is 2. The van der Waals surface area contributed by atoms with Crippen LogP contribution in [0.3, 0.4) is 0 Å². The molecular weight excluding hydrogens is 344 g/mol. The van der Waals surface area contributed by atoms with Crippen LogP contribution in [-0.4, -0.2) is 59.4 Å². The lowest BCUT2D eigenvalue weighted by molar-refractivity contribution is -0.125. The van der Waals surface area contributed by atoms with Crippen LogP contribution in [0, 0.1) is 13.8 Å². The van der Waals surface area contributed by atoms with Crippen molar-refractivity contribution in [3.8, 4) is 0 Å². The molecule has 0 bridgehead atoms. The van der Waals surface area contributed by atoms with E-state index >= 15 is 0 Å². The number of nitrogens with one attached hydrogen (secondary N) is 3. The highest BCUT2D eigenvalue weighted by atomic mass is 16.2. The van der Waals surface area contributed by atoms with Crippen molar-refractivity contribution in [3.05, 3.63) is 47.4 Å². The molecule has 0 radical (unpaired) electrons. The van der Waals surface area contributed by atoms with E-state index in [-0.39, 0.29) is 11.8 Å². The highest BCUT2D eigenvalue weighted by molar-refractivity contribution is 5.98. The smallest absolute Gasteiger partial charge is 0.254 e. The fourth-order valence-electron chi connectivity index (χ4n) is 3.17. The van der Waals surface area contributed by atoms with E-state index in [4.69, 9.17) is 0 Å². The fraction of sp³-hybridized carbons (Fsp3) is 0.368. The second kappa shape index (κ2) is 8.13. The van der Waals surface area contributed by atoms with Gasteiger partial charge in [-0.3, -0.25) is 9.59 Å². The van der Waals surface area contributed by atoms with Crippen LogP contribution in [0.2, 0.25) is 0 Å². The third kappa shape index (κ3) is 4.40. The number of likely N-dealkylation sites (N-methyl/N-ethyl adjacent to an activating group) is 1. The van der Waals surface area contributed by atoms with Crippen molar-refractivity contribution in [2.24, 2.45) is 0 Å². The van der Waals surface area contributed by atoms with Gasteiger partial charge in [0.05, 0.1) is 0 Å². The number of anilines is 2. The maximum Gasteiger partial charge on any atom is 0.254 e. The molecule has 1 atom stereocenters. The third-order valence-electron chi connectivity index (χ3n) is 4.40. The van der Waals surface area contributed by atoms with E-state index in [1.54, 1.807) is 24.1 Å². The summed E-state index contributed by atoms with van der Waals surface area (Å²) in [6.07, 6.45) is 0. The Morgan fingerprint density at radius 3 is 2.78 bits per heavy atom. The molecule has 0 aliphatic carbocycles. The first-order valence-electron chi connectivity index (χ1n) is 8.90. The van der Waals surface area contributed by atoms with Gasteiger partial charge in [-0.15, -0.1) is 0 Å². The molecule has 1 aromatic carbocycles. The van der Waals surface area contributed by atoms with Gasteiger partial charge in [0, 0.05) is 49.7 Å². The van der Waals surface area contributed by atoms with Crippen molar-refractivity contribution in [2.45, 2.75) is 19.9 Å². The van der Waals surface area contributed by atoms with Crippen molar-refractivity contribution in [1.82, 2.24) is 25.5 Å². The Morgan fingerprint density at radius 1 is 1.22 bits per heavy atom. The van der Waals surface area contributed by atoms with E-state index in [0.29, 0.717) is 36.8 Å². The third-order valence-corrected chi connectivity index (χ3v) is 4.40. The molecule has 3 N–H and O–H groups in total. The van der Waals surface area contributed by atoms with Crippen LogP contribution in [0.5, 0.6) is 0 Å². The summed E-state index contributed by atoms with van der Waals surface area (Å²) < 4.78 is 0. The molecule has 1 fully saturated rings. The van der Waals surface area contributed by atoms with Crippen LogP contribution in [0.15, 0.2) is 30.3 Å². The molecule has 8 nitrogen and oxygen atoms in total. The number of nitrogens with zero attached hydrogens (tertiary/aromatic N) is 3. The number of aryl methyl sites for hydroxylation is 2. The molecule has 8 heteroatoms. The largest absolute Gasteiger partial charge is 0.357 e. The molecule has 1 aliphatic heterocycles. The van der Waals surface area contributed by atoms with E-state index in [0.717, 1.165) is 11.4 Å². The SMILES string of the molecule is CNC(=O)C1CNCCN1C(=O)c1cccc(Nc2cc(C)nc(C)n2)c1. The predicted octanol–water partition coefficient (Wildman–Crippen LogP) is 0.997. The Hall–Kier alpha value is -3.00. The maximum absolute atomic E-state index is 13.0. The molecule has 0 spiro atoms. The van der Waals surface area contributed by atoms with Crippen molar-refractivity contribution < 1.29 is 9.59 Å². The normalized spacial score (nSPS) is 16.7. The van der Waals surface area contributed by atoms with Crippen LogP contribution < -0.4 is 16.0 Å². The van der Waals surface area contributed by atoms with Gasteiger partial charge in [-0.25, -0.2) is 9.97 Å². The average Bonchev–Trinajstić information content (AvgIpc) is 2.66. The van der Waals surface area contributed by atoms with E-state index in [1.807, 2.05) is 32.0 Å². The van der Waals surface area contributed by atoms with Gasteiger partial charge in [-0.2, -0.15) is 0 Å². The fourth-order valence-corrected chi connectivity index (χ4v) is 3.17. The van der Waals surface area contributed by atoms with Gasteiger partial charge in [0.2, 0.25) is 5.91 Å².